The van der Waals surface area contributed by atoms with Crippen LogP contribution >= 0.6 is 0 Å². The molecule has 114 valence electrons. The summed E-state index contributed by atoms with van der Waals surface area (Å²) in [5.41, 5.74) is -0.0898. The van der Waals surface area contributed by atoms with Gasteiger partial charge in [0.25, 0.3) is 11.5 Å². The summed E-state index contributed by atoms with van der Waals surface area (Å²) < 4.78 is 79.3. The Bertz CT molecular complexity index is 1220. The Kier molecular flexibility index (Phi) is 1.40. The van der Waals surface area contributed by atoms with Crippen molar-refractivity contribution in [3.63, 3.8) is 0 Å². The highest BCUT2D eigenvalue weighted by Crippen LogP contribution is 2.27. The van der Waals surface area contributed by atoms with Crippen molar-refractivity contribution in [1.29, 1.82) is 0 Å². The normalized spacial score (nSPS) is 34.4. The van der Waals surface area contributed by atoms with Gasteiger partial charge in [0.1, 0.15) is 11.4 Å². The molecule has 0 aliphatic carbocycles. The van der Waals surface area contributed by atoms with E-state index in [-0.39, 0.29) is 15.8 Å². The van der Waals surface area contributed by atoms with Gasteiger partial charge in [0.05, 0.1) is 10.9 Å². The topological polar surface area (TPSA) is 107 Å². The van der Waals surface area contributed by atoms with E-state index in [1.54, 1.807) is 0 Å². The first-order chi connectivity index (χ1) is 14.3. The summed E-state index contributed by atoms with van der Waals surface area (Å²) in [5.74, 6) is -5.00. The number of fused-ring (bicyclic) bond motifs is 1. The molecule has 1 aliphatic heterocycles. The van der Waals surface area contributed by atoms with Gasteiger partial charge in [0.15, 0.2) is 0 Å². The summed E-state index contributed by atoms with van der Waals surface area (Å²) in [6.07, 6.45) is -7.61. The maximum atomic E-state index is 13.5. The largest absolute Gasteiger partial charge is 0.398 e. The van der Waals surface area contributed by atoms with Gasteiger partial charge in [-0.25, -0.2) is 4.98 Å². The Balaban J connectivity index is 2.71. The molecular weight excluding hydrogens is 284 g/mol. The minimum atomic E-state index is -3.94. The zero-order chi connectivity index (χ0) is 24.7. The van der Waals surface area contributed by atoms with Gasteiger partial charge in [-0.2, -0.15) is 0 Å². The van der Waals surface area contributed by atoms with Gasteiger partial charge in [-0.3, -0.25) is 24.3 Å². The zero-order valence-electron chi connectivity index (χ0n) is 20.9. The van der Waals surface area contributed by atoms with Gasteiger partial charge in [0.2, 0.25) is 5.91 Å². The number of anilines is 1. The molecule has 0 saturated carbocycles. The molecule has 1 atom stereocenters. The van der Waals surface area contributed by atoms with Crippen LogP contribution in [0.4, 0.5) is 5.69 Å². The standard InChI is InChI=1S/C15H16N4O3/c1-8-17-10-5-3-4-9(16)12(10)13(21)19(8)15(2)7-6-11(20)18-14(15)22/h3-5H,6-7,16H2,1-2H3,(H,18,20,22)/i1D3,2D3,6D2,7D2. The number of nitrogens with zero attached hydrogens (tertiary/aromatic N) is 2. The molecule has 7 heteroatoms. The maximum Gasteiger partial charge on any atom is 0.264 e. The SMILES string of the molecule is [2H]C([2H])([2H])c1nc2cccc(N)c2c(=O)n1C1(C([2H])([2H])[2H])C(=O)NC(=O)C([2H])([2H])C1([2H])[2H]. The monoisotopic (exact) mass is 310 g/mol. The molecule has 0 bridgehead atoms. The molecule has 3 N–H and O–H groups in total. The fraction of sp³-hybridized carbons (Fsp3) is 0.333. The van der Waals surface area contributed by atoms with E-state index >= 15 is 0 Å². The molecule has 2 heterocycles. The van der Waals surface area contributed by atoms with Crippen molar-refractivity contribution in [3.05, 3.63) is 34.4 Å². The summed E-state index contributed by atoms with van der Waals surface area (Å²) in [6.45, 7) is -7.24. The second-order valence-electron chi connectivity index (χ2n) is 4.56. The summed E-state index contributed by atoms with van der Waals surface area (Å²) in [7, 11) is 0. The second-order valence-corrected chi connectivity index (χ2v) is 4.56. The van der Waals surface area contributed by atoms with E-state index in [1.165, 1.54) is 23.5 Å². The fourth-order valence-corrected chi connectivity index (χ4v) is 2.15. The molecule has 1 fully saturated rings. The summed E-state index contributed by atoms with van der Waals surface area (Å²) in [5, 5.41) is 0.925. The summed E-state index contributed by atoms with van der Waals surface area (Å²) >= 11 is 0. The Morgan fingerprint density at radius 3 is 3.00 bits per heavy atom. The van der Waals surface area contributed by atoms with Crippen LogP contribution in [-0.2, 0) is 15.1 Å². The van der Waals surface area contributed by atoms with E-state index in [1.807, 2.05) is 0 Å². The highest BCUT2D eigenvalue weighted by atomic mass is 16.2. The molecule has 2 amide bonds. The van der Waals surface area contributed by atoms with Crippen LogP contribution in [0.2, 0.25) is 0 Å². The first kappa shape index (κ1) is 6.60. The smallest absolute Gasteiger partial charge is 0.264 e. The fourth-order valence-electron chi connectivity index (χ4n) is 2.15. The van der Waals surface area contributed by atoms with E-state index in [2.05, 4.69) is 4.98 Å². The molecule has 22 heavy (non-hydrogen) atoms. The number of aryl methyl sites for hydroxylation is 1. The van der Waals surface area contributed by atoms with E-state index in [4.69, 9.17) is 19.4 Å². The average Bonchev–Trinajstić information content (AvgIpc) is 2.60. The van der Waals surface area contributed by atoms with Crippen LogP contribution in [-0.4, -0.2) is 21.4 Å². The Hall–Kier alpha value is -2.70. The number of hydrogen-bond donors (Lipinski definition) is 2. The third-order valence-electron chi connectivity index (χ3n) is 3.18. The number of carbonyl (C=O) groups excluding carboxylic acids is 2. The van der Waals surface area contributed by atoms with Crippen LogP contribution in [0.1, 0.15) is 39.1 Å². The lowest BCUT2D eigenvalue weighted by Gasteiger charge is -2.34. The number of nitrogens with one attached hydrogen (secondary N) is 1. The van der Waals surface area contributed by atoms with Gasteiger partial charge in [0, 0.05) is 25.8 Å². The van der Waals surface area contributed by atoms with Crippen molar-refractivity contribution in [2.75, 3.05) is 5.73 Å². The predicted octanol–water partition coefficient (Wildman–Crippen LogP) is 0.439. The van der Waals surface area contributed by atoms with Crippen molar-refractivity contribution in [2.24, 2.45) is 0 Å². The summed E-state index contributed by atoms with van der Waals surface area (Å²) in [4.78, 5) is 42.4. The number of piperidine rings is 1. The summed E-state index contributed by atoms with van der Waals surface area (Å²) in [6, 6.07) is 3.75. The number of benzene rings is 1. The van der Waals surface area contributed by atoms with Crippen LogP contribution in [0.25, 0.3) is 10.9 Å². The quantitative estimate of drug-likeness (QED) is 0.587. The lowest BCUT2D eigenvalue weighted by molar-refractivity contribution is -0.140. The van der Waals surface area contributed by atoms with Crippen LogP contribution in [0.15, 0.2) is 23.0 Å². The minimum Gasteiger partial charge on any atom is -0.398 e. The number of carbonyl (C=O) groups is 2. The van der Waals surface area contributed by atoms with E-state index in [0.29, 0.717) is 0 Å². The Morgan fingerprint density at radius 2 is 2.27 bits per heavy atom. The van der Waals surface area contributed by atoms with Gasteiger partial charge in [-0.1, -0.05) is 6.07 Å². The molecule has 3 rings (SSSR count). The zero-order valence-corrected chi connectivity index (χ0v) is 10.9. The van der Waals surface area contributed by atoms with Crippen LogP contribution < -0.4 is 16.6 Å². The lowest BCUT2D eigenvalue weighted by Crippen LogP contribution is -2.56. The van der Waals surface area contributed by atoms with E-state index in [0.717, 1.165) is 0 Å². The number of nitrogens with two attached hydrogens (primary N) is 1. The van der Waals surface area contributed by atoms with Crippen LogP contribution in [0.3, 0.4) is 0 Å². The van der Waals surface area contributed by atoms with Gasteiger partial charge >= 0.3 is 0 Å². The minimum absolute atomic E-state index is 0.189. The number of rotatable bonds is 1. The van der Waals surface area contributed by atoms with Crippen LogP contribution in [0.5, 0.6) is 0 Å². The molecule has 1 aromatic heterocycles. The molecule has 1 aromatic carbocycles. The van der Waals surface area contributed by atoms with E-state index < -0.39 is 60.6 Å². The molecular formula is C15H16N4O3. The lowest BCUT2D eigenvalue weighted by atomic mass is 9.90. The molecule has 0 spiro atoms. The van der Waals surface area contributed by atoms with Gasteiger partial charge in [-0.05, 0) is 32.2 Å². The van der Waals surface area contributed by atoms with Crippen molar-refractivity contribution in [1.82, 2.24) is 14.9 Å². The molecule has 2 aromatic rings. The third kappa shape index (κ3) is 1.89. The van der Waals surface area contributed by atoms with Crippen molar-refractivity contribution in [3.8, 4) is 0 Å². The average molecular weight is 310 g/mol. The van der Waals surface area contributed by atoms with Crippen molar-refractivity contribution < 1.29 is 23.3 Å². The van der Waals surface area contributed by atoms with Crippen molar-refractivity contribution in [2.45, 2.75) is 32.0 Å². The Morgan fingerprint density at radius 1 is 1.45 bits per heavy atom. The number of aromatic nitrogens is 2. The first-order valence-electron chi connectivity index (χ1n) is 11.0. The first-order valence-corrected chi connectivity index (χ1v) is 6.01. The number of amides is 2. The molecule has 0 radical (unpaired) electrons. The molecule has 1 aliphatic rings. The maximum absolute atomic E-state index is 13.5. The highest BCUT2D eigenvalue weighted by molar-refractivity contribution is 6.01. The molecule has 7 nitrogen and oxygen atoms in total. The third-order valence-corrected chi connectivity index (χ3v) is 3.18. The molecule has 1 unspecified atom stereocenters. The van der Waals surface area contributed by atoms with Gasteiger partial charge in [-0.15, -0.1) is 0 Å². The highest BCUT2D eigenvalue weighted by Gasteiger charge is 2.42. The van der Waals surface area contributed by atoms with Gasteiger partial charge < -0.3 is 5.73 Å². The van der Waals surface area contributed by atoms with E-state index in [9.17, 15) is 14.4 Å². The predicted molar refractivity (Wildman–Crippen MR) is 81.2 cm³/mol. The molecule has 1 saturated heterocycles. The number of hydrogen-bond acceptors (Lipinski definition) is 5. The number of imide groups is 1. The second kappa shape index (κ2) is 4.66. The van der Waals surface area contributed by atoms with Crippen molar-refractivity contribution >= 4 is 28.4 Å². The Labute approximate surface area is 140 Å². The number of nitrogen functional groups attached to an aromatic ring is 1. The van der Waals surface area contributed by atoms with Crippen LogP contribution in [0, 0.1) is 6.85 Å².